The Balaban J connectivity index is 1.58. The molecule has 0 unspecified atom stereocenters. The lowest BCUT2D eigenvalue weighted by atomic mass is 10.1. The van der Waals surface area contributed by atoms with E-state index in [9.17, 15) is 4.79 Å². The number of hydrogen-bond donors (Lipinski definition) is 3. The smallest absolute Gasteiger partial charge is 0.271 e. The quantitative estimate of drug-likeness (QED) is 0.587. The highest BCUT2D eigenvalue weighted by atomic mass is 16.5. The maximum Gasteiger partial charge on any atom is 0.271 e. The summed E-state index contributed by atoms with van der Waals surface area (Å²) in [5, 5.41) is 6.80. The third-order valence-corrected chi connectivity index (χ3v) is 6.40. The summed E-state index contributed by atoms with van der Waals surface area (Å²) < 4.78 is 5.46. The molecule has 0 saturated carbocycles. The molecule has 33 heavy (non-hydrogen) atoms. The highest BCUT2D eigenvalue weighted by molar-refractivity contribution is 5.96. The molecule has 2 saturated heterocycles. The molecule has 1 aromatic heterocycles. The number of primary amides is 1. The van der Waals surface area contributed by atoms with Gasteiger partial charge in [0.25, 0.3) is 5.91 Å². The van der Waals surface area contributed by atoms with E-state index in [-0.39, 0.29) is 11.7 Å². The molecule has 4 N–H and O–H groups in total. The molecular weight excluding hydrogens is 418 g/mol. The number of aryl methyl sites for hydroxylation is 2. The highest BCUT2D eigenvalue weighted by Crippen LogP contribution is 2.28. The summed E-state index contributed by atoms with van der Waals surface area (Å²) in [4.78, 5) is 26.3. The van der Waals surface area contributed by atoms with Crippen molar-refractivity contribution in [1.82, 2.24) is 14.9 Å². The molecule has 0 atom stereocenters. The summed E-state index contributed by atoms with van der Waals surface area (Å²) in [6.07, 6.45) is 2.48. The van der Waals surface area contributed by atoms with E-state index in [0.29, 0.717) is 18.1 Å². The van der Waals surface area contributed by atoms with Crippen molar-refractivity contribution in [3.63, 3.8) is 0 Å². The minimum Gasteiger partial charge on any atom is -0.381 e. The predicted octanol–water partition coefficient (Wildman–Crippen LogP) is 2.53. The first-order valence-corrected chi connectivity index (χ1v) is 11.8. The lowest BCUT2D eigenvalue weighted by Crippen LogP contribution is -2.44. The average Bonchev–Trinajstić information content (AvgIpc) is 2.81. The van der Waals surface area contributed by atoms with Crippen LogP contribution in [0, 0.1) is 6.92 Å². The Kier molecular flexibility index (Phi) is 7.29. The Hall–Kier alpha value is -2.91. The molecule has 3 heterocycles. The molecule has 9 nitrogen and oxygen atoms in total. The van der Waals surface area contributed by atoms with Gasteiger partial charge >= 0.3 is 0 Å². The van der Waals surface area contributed by atoms with Crippen molar-refractivity contribution in [2.24, 2.45) is 5.73 Å². The minimum absolute atomic E-state index is 0.158. The van der Waals surface area contributed by atoms with Crippen LogP contribution >= 0.6 is 0 Å². The Morgan fingerprint density at radius 3 is 2.52 bits per heavy atom. The van der Waals surface area contributed by atoms with Crippen LogP contribution < -0.4 is 21.3 Å². The zero-order valence-corrected chi connectivity index (χ0v) is 19.9. The van der Waals surface area contributed by atoms with Crippen LogP contribution in [0.3, 0.4) is 0 Å². The number of carbonyl (C=O) groups is 1. The molecule has 0 aliphatic carbocycles. The molecule has 1 aromatic carbocycles. The van der Waals surface area contributed by atoms with Gasteiger partial charge in [-0.3, -0.25) is 4.79 Å². The Morgan fingerprint density at radius 1 is 1.15 bits per heavy atom. The topological polar surface area (TPSA) is 109 Å². The highest BCUT2D eigenvalue weighted by Gasteiger charge is 2.21. The Morgan fingerprint density at radius 2 is 1.88 bits per heavy atom. The molecular formula is C24H35N7O2. The molecule has 9 heteroatoms. The van der Waals surface area contributed by atoms with Gasteiger partial charge < -0.3 is 30.9 Å². The fourth-order valence-electron chi connectivity index (χ4n) is 4.40. The predicted molar refractivity (Wildman–Crippen MR) is 132 cm³/mol. The number of nitrogens with zero attached hydrogens (tertiary/aromatic N) is 4. The molecule has 1 amide bonds. The number of rotatable bonds is 7. The van der Waals surface area contributed by atoms with E-state index in [1.54, 1.807) is 0 Å². The van der Waals surface area contributed by atoms with Crippen LogP contribution in [-0.2, 0) is 11.2 Å². The van der Waals surface area contributed by atoms with Crippen LogP contribution in [-0.4, -0.2) is 73.3 Å². The van der Waals surface area contributed by atoms with E-state index < -0.39 is 5.91 Å². The number of nitrogens with one attached hydrogen (secondary N) is 2. The van der Waals surface area contributed by atoms with Crippen molar-refractivity contribution in [3.8, 4) is 0 Å². The SMILES string of the molecule is CCc1nc(C(N)=O)c(Nc2ccc(N3CCN(C)CC3)c(C)c2)nc1NC1CCOCC1. The van der Waals surface area contributed by atoms with Crippen LogP contribution in [0.4, 0.5) is 23.0 Å². The average molecular weight is 454 g/mol. The first kappa shape index (κ1) is 23.3. The summed E-state index contributed by atoms with van der Waals surface area (Å²) in [6, 6.07) is 6.50. The molecule has 0 radical (unpaired) electrons. The van der Waals surface area contributed by atoms with E-state index in [1.165, 1.54) is 11.3 Å². The summed E-state index contributed by atoms with van der Waals surface area (Å²) >= 11 is 0. The molecule has 2 aromatic rings. The van der Waals surface area contributed by atoms with Gasteiger partial charge in [0.1, 0.15) is 0 Å². The van der Waals surface area contributed by atoms with Crippen molar-refractivity contribution >= 4 is 28.9 Å². The first-order chi connectivity index (χ1) is 15.9. The lowest BCUT2D eigenvalue weighted by molar-refractivity contribution is 0.0903. The van der Waals surface area contributed by atoms with Gasteiger partial charge in [-0.2, -0.15) is 0 Å². The van der Waals surface area contributed by atoms with Crippen LogP contribution in [0.2, 0.25) is 0 Å². The van der Waals surface area contributed by atoms with Gasteiger partial charge in [-0.15, -0.1) is 0 Å². The van der Waals surface area contributed by atoms with E-state index in [1.807, 2.05) is 13.0 Å². The number of hydrogen-bond acceptors (Lipinski definition) is 8. The minimum atomic E-state index is -0.594. The zero-order chi connectivity index (χ0) is 23.4. The van der Waals surface area contributed by atoms with Crippen molar-refractivity contribution in [2.75, 3.05) is 62.0 Å². The maximum absolute atomic E-state index is 12.2. The second-order valence-corrected chi connectivity index (χ2v) is 8.88. The number of benzene rings is 1. The van der Waals surface area contributed by atoms with E-state index >= 15 is 0 Å². The third-order valence-electron chi connectivity index (χ3n) is 6.40. The van der Waals surface area contributed by atoms with Crippen LogP contribution in [0.1, 0.15) is 41.5 Å². The Bertz CT molecular complexity index is 983. The molecule has 2 fully saturated rings. The van der Waals surface area contributed by atoms with Crippen molar-refractivity contribution in [3.05, 3.63) is 35.2 Å². The molecule has 4 rings (SSSR count). The number of nitrogens with two attached hydrogens (primary N) is 1. The van der Waals surface area contributed by atoms with E-state index in [0.717, 1.165) is 63.6 Å². The largest absolute Gasteiger partial charge is 0.381 e. The van der Waals surface area contributed by atoms with Crippen LogP contribution in [0.25, 0.3) is 0 Å². The fourth-order valence-corrected chi connectivity index (χ4v) is 4.40. The van der Waals surface area contributed by atoms with Gasteiger partial charge in [-0.05, 0) is 57.0 Å². The van der Waals surface area contributed by atoms with E-state index in [2.05, 4.69) is 51.5 Å². The second kappa shape index (κ2) is 10.4. The van der Waals surface area contributed by atoms with Crippen LogP contribution in [0.5, 0.6) is 0 Å². The van der Waals surface area contributed by atoms with Crippen LogP contribution in [0.15, 0.2) is 18.2 Å². The molecule has 2 aliphatic rings. The van der Waals surface area contributed by atoms with Gasteiger partial charge in [0, 0.05) is 56.8 Å². The fraction of sp³-hybridized carbons (Fsp3) is 0.542. The van der Waals surface area contributed by atoms with Crippen molar-refractivity contribution in [1.29, 1.82) is 0 Å². The number of carbonyl (C=O) groups excluding carboxylic acids is 1. The third kappa shape index (κ3) is 5.54. The van der Waals surface area contributed by atoms with E-state index in [4.69, 9.17) is 15.5 Å². The zero-order valence-electron chi connectivity index (χ0n) is 19.9. The molecule has 178 valence electrons. The Labute approximate surface area is 195 Å². The molecule has 0 bridgehead atoms. The number of likely N-dealkylation sites (N-methyl/N-ethyl adjacent to an activating group) is 1. The number of amides is 1. The number of aromatic nitrogens is 2. The van der Waals surface area contributed by atoms with Gasteiger partial charge in [-0.1, -0.05) is 6.92 Å². The monoisotopic (exact) mass is 453 g/mol. The van der Waals surface area contributed by atoms with Gasteiger partial charge in [-0.25, -0.2) is 9.97 Å². The first-order valence-electron chi connectivity index (χ1n) is 11.8. The molecule has 2 aliphatic heterocycles. The number of ether oxygens (including phenoxy) is 1. The van der Waals surface area contributed by atoms with Gasteiger partial charge in [0.05, 0.1) is 5.69 Å². The molecule has 0 spiro atoms. The summed E-state index contributed by atoms with van der Waals surface area (Å²) in [5.74, 6) is 0.479. The van der Waals surface area contributed by atoms with Gasteiger partial charge in [0.15, 0.2) is 17.3 Å². The van der Waals surface area contributed by atoms with Crippen molar-refractivity contribution < 1.29 is 9.53 Å². The maximum atomic E-state index is 12.2. The van der Waals surface area contributed by atoms with Gasteiger partial charge in [0.2, 0.25) is 0 Å². The number of anilines is 4. The lowest BCUT2D eigenvalue weighted by Gasteiger charge is -2.35. The summed E-state index contributed by atoms with van der Waals surface area (Å²) in [6.45, 7) is 9.72. The summed E-state index contributed by atoms with van der Waals surface area (Å²) in [5.41, 5.74) is 9.81. The second-order valence-electron chi connectivity index (χ2n) is 8.88. The number of piperazine rings is 1. The summed E-state index contributed by atoms with van der Waals surface area (Å²) in [7, 11) is 2.16. The van der Waals surface area contributed by atoms with Crippen molar-refractivity contribution in [2.45, 2.75) is 39.2 Å². The normalized spacial score (nSPS) is 17.7. The standard InChI is InChI=1S/C24H35N7O2/c1-4-19-23(26-17-7-13-33-14-8-17)29-24(21(28-19)22(25)32)27-18-5-6-20(16(2)15-18)31-11-9-30(3)10-12-31/h5-6,15,17H,4,7-14H2,1-3H3,(H2,25,32)(H2,26,27,29).